The number of rotatable bonds is 5. The zero-order valence-corrected chi connectivity index (χ0v) is 15.3. The van der Waals surface area contributed by atoms with Crippen LogP contribution < -0.4 is 5.73 Å². The van der Waals surface area contributed by atoms with Crippen LogP contribution in [0.3, 0.4) is 0 Å². The summed E-state index contributed by atoms with van der Waals surface area (Å²) in [6.07, 6.45) is 0.905. The first-order chi connectivity index (χ1) is 11.5. The molecule has 2 aromatic rings. The van der Waals surface area contributed by atoms with Crippen LogP contribution in [0.2, 0.25) is 0 Å². The Bertz CT molecular complexity index is 771. The molecule has 0 radical (unpaired) electrons. The second-order valence-corrected chi connectivity index (χ2v) is 7.66. The van der Waals surface area contributed by atoms with Crippen molar-refractivity contribution in [3.05, 3.63) is 94.2 Å². The van der Waals surface area contributed by atoms with E-state index in [1.54, 1.807) is 0 Å². The first kappa shape index (κ1) is 16.9. The second kappa shape index (κ2) is 7.31. The van der Waals surface area contributed by atoms with E-state index in [1.165, 1.54) is 33.4 Å². The van der Waals surface area contributed by atoms with Crippen LogP contribution in [-0.4, -0.2) is 5.75 Å². The van der Waals surface area contributed by atoms with E-state index in [4.69, 9.17) is 5.73 Å². The maximum Gasteiger partial charge on any atom is 0.0207 e. The summed E-state index contributed by atoms with van der Waals surface area (Å²) >= 11 is 1.92. The van der Waals surface area contributed by atoms with Gasteiger partial charge < -0.3 is 5.73 Å². The Morgan fingerprint density at radius 1 is 1.04 bits per heavy atom. The number of aryl methyl sites for hydroxylation is 2. The van der Waals surface area contributed by atoms with E-state index >= 15 is 0 Å². The predicted octanol–water partition coefficient (Wildman–Crippen LogP) is 5.49. The lowest BCUT2D eigenvalue weighted by atomic mass is 9.91. The highest BCUT2D eigenvalue weighted by Crippen LogP contribution is 2.41. The highest BCUT2D eigenvalue weighted by molar-refractivity contribution is 7.98. The lowest BCUT2D eigenvalue weighted by Gasteiger charge is -2.14. The molecule has 1 atom stereocenters. The molecular weight excluding hydrogens is 310 g/mol. The van der Waals surface area contributed by atoms with Crippen molar-refractivity contribution in [3.8, 4) is 0 Å². The van der Waals surface area contributed by atoms with Gasteiger partial charge in [-0.25, -0.2) is 0 Å². The van der Waals surface area contributed by atoms with Crippen LogP contribution in [-0.2, 0) is 5.75 Å². The van der Waals surface area contributed by atoms with Gasteiger partial charge in [-0.15, -0.1) is 0 Å². The summed E-state index contributed by atoms with van der Waals surface area (Å²) in [5.41, 5.74) is 15.1. The Labute approximate surface area is 149 Å². The summed E-state index contributed by atoms with van der Waals surface area (Å²) in [4.78, 5) is 0. The molecule has 0 aromatic heterocycles. The lowest BCUT2D eigenvalue weighted by Crippen LogP contribution is -1.98. The third-order valence-corrected chi connectivity index (χ3v) is 5.73. The minimum absolute atomic E-state index is 0.347. The van der Waals surface area contributed by atoms with Gasteiger partial charge in [-0.3, -0.25) is 0 Å². The number of hydrogen-bond donors (Lipinski definition) is 1. The molecule has 0 aliphatic heterocycles. The van der Waals surface area contributed by atoms with Crippen LogP contribution in [0.4, 0.5) is 0 Å². The number of hydrogen-bond acceptors (Lipinski definition) is 2. The fourth-order valence-corrected chi connectivity index (χ4v) is 4.35. The number of benzene rings is 2. The van der Waals surface area contributed by atoms with Crippen LogP contribution >= 0.6 is 11.8 Å². The molecule has 0 fully saturated rings. The zero-order chi connectivity index (χ0) is 17.1. The molecule has 124 valence electrons. The van der Waals surface area contributed by atoms with Gasteiger partial charge in [-0.1, -0.05) is 66.2 Å². The topological polar surface area (TPSA) is 26.0 Å². The van der Waals surface area contributed by atoms with Gasteiger partial charge in [0.25, 0.3) is 0 Å². The predicted molar refractivity (Wildman–Crippen MR) is 106 cm³/mol. The number of nitrogens with two attached hydrogens (primary N) is 1. The number of thioether (sulfide) groups is 1. The van der Waals surface area contributed by atoms with Crippen LogP contribution in [0, 0.1) is 13.8 Å². The number of allylic oxidation sites excluding steroid dienone is 2. The van der Waals surface area contributed by atoms with Gasteiger partial charge in [-0.2, -0.15) is 11.8 Å². The molecule has 2 aromatic carbocycles. The monoisotopic (exact) mass is 335 g/mol. The summed E-state index contributed by atoms with van der Waals surface area (Å²) < 4.78 is 0. The molecule has 0 amide bonds. The van der Waals surface area contributed by atoms with Gasteiger partial charge in [0.15, 0.2) is 0 Å². The molecule has 1 unspecified atom stereocenters. The molecule has 0 heterocycles. The molecule has 0 saturated carbocycles. The van der Waals surface area contributed by atoms with Crippen molar-refractivity contribution < 1.29 is 0 Å². The first-order valence-electron chi connectivity index (χ1n) is 8.41. The van der Waals surface area contributed by atoms with E-state index in [1.807, 2.05) is 11.8 Å². The van der Waals surface area contributed by atoms with Gasteiger partial charge in [0.1, 0.15) is 0 Å². The van der Waals surface area contributed by atoms with E-state index in [2.05, 4.69) is 69.0 Å². The largest absolute Gasteiger partial charge is 0.402 e. The molecule has 3 rings (SSSR count). The lowest BCUT2D eigenvalue weighted by molar-refractivity contribution is 0.833. The Hall–Kier alpha value is -1.93. The average Bonchev–Trinajstić information content (AvgIpc) is 2.84. The third-order valence-electron chi connectivity index (χ3n) is 4.70. The smallest absolute Gasteiger partial charge is 0.0207 e. The van der Waals surface area contributed by atoms with Gasteiger partial charge in [0.2, 0.25) is 0 Å². The van der Waals surface area contributed by atoms with Crippen LogP contribution in [0.15, 0.2) is 72.0 Å². The van der Waals surface area contributed by atoms with Crippen molar-refractivity contribution in [2.24, 2.45) is 5.73 Å². The summed E-state index contributed by atoms with van der Waals surface area (Å²) in [7, 11) is 0. The molecule has 2 N–H and O–H groups in total. The van der Waals surface area contributed by atoms with Crippen LogP contribution in [0.1, 0.15) is 34.6 Å². The van der Waals surface area contributed by atoms with Crippen molar-refractivity contribution in [1.29, 1.82) is 0 Å². The molecule has 0 spiro atoms. The normalized spacial score (nSPS) is 17.6. The SMILES string of the molecule is C=C1C(CSCc2cccc(C)c2)=C(N)CC1c1ccc(C)cc1. The van der Waals surface area contributed by atoms with Gasteiger partial charge in [-0.05, 0) is 42.5 Å². The molecule has 0 saturated heterocycles. The van der Waals surface area contributed by atoms with Crippen LogP contribution in [0.5, 0.6) is 0 Å². The molecule has 0 bridgehead atoms. The van der Waals surface area contributed by atoms with Gasteiger partial charge in [0.05, 0.1) is 0 Å². The first-order valence-corrected chi connectivity index (χ1v) is 9.56. The second-order valence-electron chi connectivity index (χ2n) is 6.68. The highest BCUT2D eigenvalue weighted by Gasteiger charge is 2.27. The highest BCUT2D eigenvalue weighted by atomic mass is 32.2. The van der Waals surface area contributed by atoms with Crippen LogP contribution in [0.25, 0.3) is 0 Å². The van der Waals surface area contributed by atoms with Gasteiger partial charge >= 0.3 is 0 Å². The minimum Gasteiger partial charge on any atom is -0.402 e. The Balaban J connectivity index is 1.62. The van der Waals surface area contributed by atoms with E-state index in [-0.39, 0.29) is 0 Å². The van der Waals surface area contributed by atoms with E-state index in [0.29, 0.717) is 5.92 Å². The Morgan fingerprint density at radius 2 is 1.79 bits per heavy atom. The molecule has 1 nitrogen and oxygen atoms in total. The maximum atomic E-state index is 6.34. The van der Waals surface area contributed by atoms with Crippen molar-refractivity contribution in [3.63, 3.8) is 0 Å². The van der Waals surface area contributed by atoms with E-state index in [0.717, 1.165) is 23.6 Å². The molecule has 2 heteroatoms. The molecule has 24 heavy (non-hydrogen) atoms. The molecular formula is C22H25NS. The average molecular weight is 336 g/mol. The van der Waals surface area contributed by atoms with Crippen molar-refractivity contribution in [2.45, 2.75) is 31.9 Å². The summed E-state index contributed by atoms with van der Waals surface area (Å²) in [5.74, 6) is 2.31. The van der Waals surface area contributed by atoms with Crippen molar-refractivity contribution >= 4 is 11.8 Å². The summed E-state index contributed by atoms with van der Waals surface area (Å²) in [5, 5.41) is 0. The summed E-state index contributed by atoms with van der Waals surface area (Å²) in [6, 6.07) is 17.5. The molecule has 1 aliphatic carbocycles. The maximum absolute atomic E-state index is 6.34. The van der Waals surface area contributed by atoms with Gasteiger partial charge in [0, 0.05) is 23.1 Å². The fourth-order valence-electron chi connectivity index (χ4n) is 3.26. The van der Waals surface area contributed by atoms with E-state index < -0.39 is 0 Å². The minimum atomic E-state index is 0.347. The molecule has 1 aliphatic rings. The Morgan fingerprint density at radius 3 is 2.50 bits per heavy atom. The summed E-state index contributed by atoms with van der Waals surface area (Å²) in [6.45, 7) is 8.61. The van der Waals surface area contributed by atoms with Crippen molar-refractivity contribution in [1.82, 2.24) is 0 Å². The van der Waals surface area contributed by atoms with Crippen molar-refractivity contribution in [2.75, 3.05) is 5.75 Å². The Kier molecular flexibility index (Phi) is 5.15. The quantitative estimate of drug-likeness (QED) is 0.781. The van der Waals surface area contributed by atoms with E-state index in [9.17, 15) is 0 Å². The standard InChI is InChI=1S/C22H25NS/c1-15-7-9-19(10-8-15)20-12-22(23)21(17(20)3)14-24-13-18-6-4-5-16(2)11-18/h4-11,20H,3,12-14,23H2,1-2H3. The third kappa shape index (κ3) is 3.76. The zero-order valence-electron chi connectivity index (χ0n) is 14.5. The fraction of sp³-hybridized carbons (Fsp3) is 0.273.